The molecule has 3 rings (SSSR count). The van der Waals surface area contributed by atoms with Crippen LogP contribution in [0.15, 0.2) is 42.5 Å². The van der Waals surface area contributed by atoms with Crippen LogP contribution in [0.5, 0.6) is 0 Å². The number of benzene rings is 1. The Morgan fingerprint density at radius 3 is 2.38 bits per heavy atom. The lowest BCUT2D eigenvalue weighted by atomic mass is 9.93. The first kappa shape index (κ1) is 28.4. The summed E-state index contributed by atoms with van der Waals surface area (Å²) < 4.78 is 17.5. The average molecular weight is 515 g/mol. The molecule has 0 radical (unpaired) electrons. The summed E-state index contributed by atoms with van der Waals surface area (Å²) in [6.07, 6.45) is 1.49. The van der Waals surface area contributed by atoms with Crippen molar-refractivity contribution in [2.45, 2.75) is 71.9 Å². The van der Waals surface area contributed by atoms with Crippen LogP contribution in [0.4, 0.5) is 0 Å². The summed E-state index contributed by atoms with van der Waals surface area (Å²) in [5.41, 5.74) is -0.0511. The van der Waals surface area contributed by atoms with E-state index in [2.05, 4.69) is 10.6 Å². The summed E-state index contributed by atoms with van der Waals surface area (Å²) >= 11 is 0. The molecule has 0 spiro atoms. The summed E-state index contributed by atoms with van der Waals surface area (Å²) in [6.45, 7) is 8.79. The number of esters is 2. The van der Waals surface area contributed by atoms with E-state index < -0.39 is 41.4 Å². The molecular formula is C28H38N2O7. The number of ether oxygens (including phenoxy) is 3. The van der Waals surface area contributed by atoms with E-state index in [9.17, 15) is 19.2 Å². The first-order valence-corrected chi connectivity index (χ1v) is 12.8. The van der Waals surface area contributed by atoms with E-state index >= 15 is 0 Å². The maximum Gasteiger partial charge on any atom is 0.347 e. The van der Waals surface area contributed by atoms with Crippen LogP contribution < -0.4 is 10.6 Å². The molecule has 9 heteroatoms. The Morgan fingerprint density at radius 1 is 1.00 bits per heavy atom. The van der Waals surface area contributed by atoms with E-state index in [-0.39, 0.29) is 43.6 Å². The van der Waals surface area contributed by atoms with Crippen LogP contribution in [0.2, 0.25) is 0 Å². The standard InChI is InChI=1S/C28H38N2O7/c1-17(2)14-21-26(33)35-20(18(3)24-25(37-24)19-10-7-6-8-11-19)12-9-13-22(31)29-15-23(32)30-16-28(4,5)27(34)36-21/h6-11,13,17-18,20-21,24-25H,12,14-16H2,1-5H3,(H,29,31)(H,30,32)/b13-9+/t18-,20-,21-,24+,25+/m0/s1. The van der Waals surface area contributed by atoms with Crippen molar-refractivity contribution in [1.29, 1.82) is 0 Å². The summed E-state index contributed by atoms with van der Waals surface area (Å²) in [6, 6.07) is 9.80. The van der Waals surface area contributed by atoms with Gasteiger partial charge in [-0.25, -0.2) is 4.79 Å². The Kier molecular flexibility index (Phi) is 9.48. The fourth-order valence-corrected chi connectivity index (χ4v) is 4.14. The molecule has 2 amide bonds. The highest BCUT2D eigenvalue weighted by atomic mass is 16.6. The largest absolute Gasteiger partial charge is 0.459 e. The first-order valence-electron chi connectivity index (χ1n) is 12.8. The highest BCUT2D eigenvalue weighted by Gasteiger charge is 2.47. The number of carbonyl (C=O) groups is 4. The quantitative estimate of drug-likeness (QED) is 0.457. The summed E-state index contributed by atoms with van der Waals surface area (Å²) in [4.78, 5) is 50.7. The first-order chi connectivity index (χ1) is 17.5. The number of epoxide rings is 1. The van der Waals surface area contributed by atoms with Gasteiger partial charge in [0.15, 0.2) is 6.10 Å². The van der Waals surface area contributed by atoms with Crippen LogP contribution in [-0.4, -0.2) is 55.2 Å². The molecular weight excluding hydrogens is 476 g/mol. The molecule has 1 saturated heterocycles. The van der Waals surface area contributed by atoms with Crippen molar-refractivity contribution < 1.29 is 33.4 Å². The molecule has 2 aliphatic heterocycles. The Labute approximate surface area is 218 Å². The molecule has 5 atom stereocenters. The van der Waals surface area contributed by atoms with E-state index in [1.165, 1.54) is 6.08 Å². The van der Waals surface area contributed by atoms with Gasteiger partial charge < -0.3 is 24.8 Å². The van der Waals surface area contributed by atoms with Gasteiger partial charge in [0.1, 0.15) is 12.2 Å². The van der Waals surface area contributed by atoms with Gasteiger partial charge in [0, 0.05) is 18.9 Å². The molecule has 2 heterocycles. The molecule has 1 fully saturated rings. The molecule has 2 N–H and O–H groups in total. The lowest BCUT2D eigenvalue weighted by Gasteiger charge is -2.29. The monoisotopic (exact) mass is 514 g/mol. The normalized spacial score (nSPS) is 28.9. The summed E-state index contributed by atoms with van der Waals surface area (Å²) in [5, 5.41) is 5.13. The van der Waals surface area contributed by atoms with Gasteiger partial charge in [-0.3, -0.25) is 14.4 Å². The molecule has 0 aromatic heterocycles. The van der Waals surface area contributed by atoms with Crippen molar-refractivity contribution >= 4 is 23.8 Å². The number of amides is 2. The van der Waals surface area contributed by atoms with Gasteiger partial charge in [0.2, 0.25) is 11.8 Å². The van der Waals surface area contributed by atoms with E-state index in [0.29, 0.717) is 6.42 Å². The second kappa shape index (κ2) is 12.4. The number of carbonyl (C=O) groups excluding carboxylic acids is 4. The van der Waals surface area contributed by atoms with Crippen LogP contribution in [-0.2, 0) is 33.4 Å². The lowest BCUT2D eigenvalue weighted by molar-refractivity contribution is -0.179. The molecule has 2 aliphatic rings. The average Bonchev–Trinajstić information content (AvgIpc) is 3.65. The maximum absolute atomic E-state index is 13.3. The van der Waals surface area contributed by atoms with Crippen molar-refractivity contribution in [1.82, 2.24) is 10.6 Å². The molecule has 0 aliphatic carbocycles. The third-order valence-corrected chi connectivity index (χ3v) is 6.56. The predicted molar refractivity (Wildman–Crippen MR) is 136 cm³/mol. The highest BCUT2D eigenvalue weighted by molar-refractivity contribution is 5.91. The Morgan fingerprint density at radius 2 is 1.70 bits per heavy atom. The van der Waals surface area contributed by atoms with Crippen molar-refractivity contribution in [3.8, 4) is 0 Å². The van der Waals surface area contributed by atoms with Crippen molar-refractivity contribution in [3.63, 3.8) is 0 Å². The number of cyclic esters (lactones) is 2. The van der Waals surface area contributed by atoms with Crippen LogP contribution in [0, 0.1) is 17.3 Å². The second-order valence-electron chi connectivity index (χ2n) is 10.8. The van der Waals surface area contributed by atoms with Crippen LogP contribution >= 0.6 is 0 Å². The molecule has 0 bridgehead atoms. The van der Waals surface area contributed by atoms with Gasteiger partial charge in [-0.05, 0) is 37.8 Å². The zero-order valence-electron chi connectivity index (χ0n) is 22.2. The smallest absolute Gasteiger partial charge is 0.347 e. The highest BCUT2D eigenvalue weighted by Crippen LogP contribution is 2.45. The SMILES string of the molecule is CC(C)C[C@@H]1OC(=O)C(C)(C)CNC(=O)CNC(=O)/C=C/C[C@@H]([C@H](C)[C@H]2O[C@@H]2c2ccccc2)OC1=O. The third-order valence-electron chi connectivity index (χ3n) is 6.56. The molecule has 37 heavy (non-hydrogen) atoms. The van der Waals surface area contributed by atoms with Gasteiger partial charge >= 0.3 is 11.9 Å². The second-order valence-corrected chi connectivity index (χ2v) is 10.8. The van der Waals surface area contributed by atoms with Crippen molar-refractivity contribution in [3.05, 3.63) is 48.0 Å². The number of hydrogen-bond donors (Lipinski definition) is 2. The minimum atomic E-state index is -1.09. The lowest BCUT2D eigenvalue weighted by Crippen LogP contribution is -2.45. The van der Waals surface area contributed by atoms with Gasteiger partial charge in [-0.15, -0.1) is 0 Å². The molecule has 9 nitrogen and oxygen atoms in total. The van der Waals surface area contributed by atoms with E-state index in [1.807, 2.05) is 51.1 Å². The molecule has 1 aromatic rings. The molecule has 202 valence electrons. The summed E-state index contributed by atoms with van der Waals surface area (Å²) in [7, 11) is 0. The molecule has 1 aromatic carbocycles. The zero-order valence-corrected chi connectivity index (χ0v) is 22.2. The van der Waals surface area contributed by atoms with Gasteiger partial charge in [0.25, 0.3) is 0 Å². The van der Waals surface area contributed by atoms with Crippen molar-refractivity contribution in [2.24, 2.45) is 17.3 Å². The molecule has 0 unspecified atom stereocenters. The number of nitrogens with one attached hydrogen (secondary N) is 2. The maximum atomic E-state index is 13.3. The number of hydrogen-bond acceptors (Lipinski definition) is 7. The van der Waals surface area contributed by atoms with Crippen LogP contribution in [0.25, 0.3) is 0 Å². The fraction of sp³-hybridized carbons (Fsp3) is 0.571. The predicted octanol–water partition coefficient (Wildman–Crippen LogP) is 2.85. The van der Waals surface area contributed by atoms with E-state index in [4.69, 9.17) is 14.2 Å². The van der Waals surface area contributed by atoms with E-state index in [0.717, 1.165) is 5.56 Å². The number of rotatable bonds is 5. The van der Waals surface area contributed by atoms with Gasteiger partial charge in [-0.1, -0.05) is 57.2 Å². The molecule has 0 saturated carbocycles. The van der Waals surface area contributed by atoms with Gasteiger partial charge in [0.05, 0.1) is 18.1 Å². The minimum absolute atomic E-state index is 0.0145. The van der Waals surface area contributed by atoms with E-state index in [1.54, 1.807) is 19.9 Å². The fourth-order valence-electron chi connectivity index (χ4n) is 4.14. The third kappa shape index (κ3) is 8.15. The Hall–Kier alpha value is -3.20. The Bertz CT molecular complexity index is 1010. The minimum Gasteiger partial charge on any atom is -0.459 e. The van der Waals surface area contributed by atoms with Crippen LogP contribution in [0.3, 0.4) is 0 Å². The zero-order chi connectivity index (χ0) is 27.2. The Balaban J connectivity index is 1.83. The van der Waals surface area contributed by atoms with Gasteiger partial charge in [-0.2, -0.15) is 0 Å². The summed E-state index contributed by atoms with van der Waals surface area (Å²) in [5.74, 6) is -2.27. The topological polar surface area (TPSA) is 123 Å². The van der Waals surface area contributed by atoms with Crippen LogP contribution in [0.1, 0.15) is 59.1 Å². The van der Waals surface area contributed by atoms with Crippen molar-refractivity contribution in [2.75, 3.05) is 13.1 Å².